The number of carbonyl (C=O) groups excluding carboxylic acids is 2. The number of carboxylic acid groups (broad SMARTS) is 1. The van der Waals surface area contributed by atoms with Crippen molar-refractivity contribution in [3.8, 4) is 0 Å². The number of nitro groups is 1. The Morgan fingerprint density at radius 2 is 2.00 bits per heavy atom. The summed E-state index contributed by atoms with van der Waals surface area (Å²) in [5, 5.41) is 24.1. The minimum Gasteiger partial charge on any atom is -0.550 e. The molecule has 1 aliphatic heterocycles. The lowest BCUT2D eigenvalue weighted by Crippen LogP contribution is -3.14. The molecule has 0 spiro atoms. The normalized spacial score (nSPS) is 21.1. The number of carboxylic acids is 1. The van der Waals surface area contributed by atoms with Gasteiger partial charge < -0.3 is 20.1 Å². The van der Waals surface area contributed by atoms with Crippen LogP contribution in [0, 0.1) is 16.0 Å². The third-order valence-corrected chi connectivity index (χ3v) is 3.78. The summed E-state index contributed by atoms with van der Waals surface area (Å²) >= 11 is 0. The van der Waals surface area contributed by atoms with Crippen molar-refractivity contribution in [2.75, 3.05) is 25.0 Å². The highest BCUT2D eigenvalue weighted by Crippen LogP contribution is 2.16. The summed E-state index contributed by atoms with van der Waals surface area (Å²) in [7, 11) is 0. The van der Waals surface area contributed by atoms with Crippen molar-refractivity contribution < 1.29 is 24.5 Å². The van der Waals surface area contributed by atoms with E-state index in [0.29, 0.717) is 31.6 Å². The van der Waals surface area contributed by atoms with Crippen LogP contribution in [0.3, 0.4) is 0 Å². The van der Waals surface area contributed by atoms with Crippen LogP contribution in [0.4, 0.5) is 11.4 Å². The van der Waals surface area contributed by atoms with E-state index in [9.17, 15) is 24.8 Å². The molecule has 8 heteroatoms. The van der Waals surface area contributed by atoms with E-state index in [1.54, 1.807) is 6.07 Å². The molecule has 0 bridgehead atoms. The number of anilines is 1. The van der Waals surface area contributed by atoms with E-state index >= 15 is 0 Å². The molecule has 2 rings (SSSR count). The lowest BCUT2D eigenvalue weighted by molar-refractivity contribution is -0.897. The summed E-state index contributed by atoms with van der Waals surface area (Å²) in [6, 6.07) is 5.75. The van der Waals surface area contributed by atoms with Crippen LogP contribution in [0.15, 0.2) is 24.3 Å². The van der Waals surface area contributed by atoms with E-state index in [1.165, 1.54) is 18.2 Å². The molecule has 0 aliphatic carbocycles. The van der Waals surface area contributed by atoms with Gasteiger partial charge in [0.05, 0.1) is 18.0 Å². The number of non-ortho nitro benzene ring substituents is 1. The lowest BCUT2D eigenvalue weighted by Gasteiger charge is -2.29. The second-order valence-electron chi connectivity index (χ2n) is 5.38. The van der Waals surface area contributed by atoms with Crippen molar-refractivity contribution in [1.82, 2.24) is 0 Å². The number of nitrogens with one attached hydrogen (secondary N) is 2. The largest absolute Gasteiger partial charge is 0.550 e. The molecule has 1 fully saturated rings. The van der Waals surface area contributed by atoms with Crippen molar-refractivity contribution in [2.24, 2.45) is 5.92 Å². The summed E-state index contributed by atoms with van der Waals surface area (Å²) < 4.78 is 0. The maximum Gasteiger partial charge on any atom is 0.279 e. The number of amides is 1. The lowest BCUT2D eigenvalue weighted by atomic mass is 9.97. The van der Waals surface area contributed by atoms with E-state index in [0.717, 1.165) is 4.90 Å². The summed E-state index contributed by atoms with van der Waals surface area (Å²) in [6.07, 6.45) is 1.00. The zero-order valence-corrected chi connectivity index (χ0v) is 11.9. The SMILES string of the molecule is O=C(C[NH+]1CCC(C(=O)[O-])CC1)Nc1cccc([N+](=O)[O-])c1. The van der Waals surface area contributed by atoms with Gasteiger partial charge in [-0.05, 0) is 6.07 Å². The summed E-state index contributed by atoms with van der Waals surface area (Å²) in [4.78, 5) is 33.9. The second kappa shape index (κ2) is 6.99. The van der Waals surface area contributed by atoms with Crippen LogP contribution in [0.25, 0.3) is 0 Å². The van der Waals surface area contributed by atoms with Gasteiger partial charge in [-0.1, -0.05) is 6.07 Å². The Morgan fingerprint density at radius 1 is 1.32 bits per heavy atom. The average Bonchev–Trinajstić information content (AvgIpc) is 2.47. The molecule has 22 heavy (non-hydrogen) atoms. The first-order valence-electron chi connectivity index (χ1n) is 7.04. The van der Waals surface area contributed by atoms with Crippen LogP contribution < -0.4 is 15.3 Å². The molecule has 1 amide bonds. The smallest absolute Gasteiger partial charge is 0.279 e. The average molecular weight is 307 g/mol. The van der Waals surface area contributed by atoms with Crippen LogP contribution in [-0.4, -0.2) is 36.4 Å². The van der Waals surface area contributed by atoms with Crippen molar-refractivity contribution in [2.45, 2.75) is 12.8 Å². The fraction of sp³-hybridized carbons (Fsp3) is 0.429. The monoisotopic (exact) mass is 307 g/mol. The van der Waals surface area contributed by atoms with Gasteiger partial charge in [-0.15, -0.1) is 0 Å². The van der Waals surface area contributed by atoms with Gasteiger partial charge in [0.1, 0.15) is 0 Å². The van der Waals surface area contributed by atoms with Crippen molar-refractivity contribution in [3.05, 3.63) is 34.4 Å². The zero-order chi connectivity index (χ0) is 16.1. The molecule has 1 heterocycles. The molecule has 2 N–H and O–H groups in total. The number of hydrogen-bond acceptors (Lipinski definition) is 5. The maximum atomic E-state index is 11.9. The Labute approximate surface area is 126 Å². The minimum atomic E-state index is -1.03. The standard InChI is InChI=1S/C14H17N3O5/c18-13(9-16-6-4-10(5-7-16)14(19)20)15-11-2-1-3-12(8-11)17(21)22/h1-3,8,10H,4-7,9H2,(H,15,18)(H,19,20). The summed E-state index contributed by atoms with van der Waals surface area (Å²) in [6.45, 7) is 1.41. The van der Waals surface area contributed by atoms with Gasteiger partial charge in [-0.25, -0.2) is 0 Å². The first-order chi connectivity index (χ1) is 10.5. The predicted octanol–water partition coefficient (Wildman–Crippen LogP) is -1.42. The molecule has 1 aromatic rings. The first-order valence-corrected chi connectivity index (χ1v) is 7.04. The highest BCUT2D eigenvalue weighted by Gasteiger charge is 2.24. The van der Waals surface area contributed by atoms with Crippen LogP contribution >= 0.6 is 0 Å². The number of nitro benzene ring substituents is 1. The highest BCUT2D eigenvalue weighted by atomic mass is 16.6. The molecule has 0 unspecified atom stereocenters. The number of rotatable bonds is 5. The number of aliphatic carboxylic acids is 1. The molecule has 0 atom stereocenters. The van der Waals surface area contributed by atoms with E-state index < -0.39 is 16.8 Å². The molecule has 0 radical (unpaired) electrons. The molecule has 1 aromatic carbocycles. The van der Waals surface area contributed by atoms with E-state index in [-0.39, 0.29) is 18.1 Å². The molecule has 0 aromatic heterocycles. The minimum absolute atomic E-state index is 0.0834. The molecule has 8 nitrogen and oxygen atoms in total. The Balaban J connectivity index is 1.85. The van der Waals surface area contributed by atoms with Crippen LogP contribution in [0.2, 0.25) is 0 Å². The van der Waals surface area contributed by atoms with Crippen molar-refractivity contribution in [3.63, 3.8) is 0 Å². The van der Waals surface area contributed by atoms with E-state index in [4.69, 9.17) is 0 Å². The van der Waals surface area contributed by atoms with Gasteiger partial charge in [-0.3, -0.25) is 14.9 Å². The van der Waals surface area contributed by atoms with Crippen molar-refractivity contribution in [1.29, 1.82) is 0 Å². The Kier molecular flexibility index (Phi) is 5.05. The fourth-order valence-electron chi connectivity index (χ4n) is 2.57. The van der Waals surface area contributed by atoms with Crippen molar-refractivity contribution >= 4 is 23.3 Å². The first kappa shape index (κ1) is 15.9. The fourth-order valence-corrected chi connectivity index (χ4v) is 2.57. The molecule has 0 saturated carbocycles. The van der Waals surface area contributed by atoms with Gasteiger partial charge in [0.25, 0.3) is 11.6 Å². The van der Waals surface area contributed by atoms with Crippen LogP contribution in [-0.2, 0) is 9.59 Å². The number of hydrogen-bond donors (Lipinski definition) is 2. The second-order valence-corrected chi connectivity index (χ2v) is 5.38. The third-order valence-electron chi connectivity index (χ3n) is 3.78. The number of likely N-dealkylation sites (tertiary alicyclic amines) is 1. The number of quaternary nitrogens is 1. The number of benzene rings is 1. The maximum absolute atomic E-state index is 11.9. The Bertz CT molecular complexity index is 582. The summed E-state index contributed by atoms with van der Waals surface area (Å²) in [5.74, 6) is -1.70. The predicted molar refractivity (Wildman–Crippen MR) is 75.0 cm³/mol. The molecule has 1 aliphatic rings. The van der Waals surface area contributed by atoms with Crippen LogP contribution in [0.1, 0.15) is 12.8 Å². The summed E-state index contributed by atoms with van der Waals surface area (Å²) in [5.41, 5.74) is 0.295. The van der Waals surface area contributed by atoms with Gasteiger partial charge >= 0.3 is 0 Å². The highest BCUT2D eigenvalue weighted by molar-refractivity contribution is 5.91. The van der Waals surface area contributed by atoms with Gasteiger partial charge in [-0.2, -0.15) is 0 Å². The zero-order valence-electron chi connectivity index (χ0n) is 11.9. The van der Waals surface area contributed by atoms with Crippen LogP contribution in [0.5, 0.6) is 0 Å². The topological polar surface area (TPSA) is 117 Å². The van der Waals surface area contributed by atoms with Gasteiger partial charge in [0.2, 0.25) is 0 Å². The third kappa shape index (κ3) is 4.26. The van der Waals surface area contributed by atoms with E-state index in [2.05, 4.69) is 5.32 Å². The molecule has 1 saturated heterocycles. The Morgan fingerprint density at radius 3 is 2.59 bits per heavy atom. The van der Waals surface area contributed by atoms with Gasteiger partial charge in [0.15, 0.2) is 6.54 Å². The van der Waals surface area contributed by atoms with E-state index in [1.807, 2.05) is 0 Å². The molecule has 118 valence electrons. The Hall–Kier alpha value is -2.48. The molecular weight excluding hydrogens is 290 g/mol. The number of nitrogens with zero attached hydrogens (tertiary/aromatic N) is 1. The quantitative estimate of drug-likeness (QED) is 0.511. The van der Waals surface area contributed by atoms with Gasteiger partial charge in [0, 0.05) is 42.5 Å². The molecular formula is C14H17N3O5. The number of carbonyl (C=O) groups is 2. The number of piperidine rings is 1.